The maximum atomic E-state index is 11.6. The van der Waals surface area contributed by atoms with Gasteiger partial charge in [0.15, 0.2) is 0 Å². The Labute approximate surface area is 122 Å². The van der Waals surface area contributed by atoms with E-state index in [1.54, 1.807) is 13.0 Å². The van der Waals surface area contributed by atoms with Crippen LogP contribution in [0.25, 0.3) is 0 Å². The fraction of sp³-hybridized carbons (Fsp3) is 0.357. The van der Waals surface area contributed by atoms with E-state index in [-0.39, 0.29) is 23.9 Å². The summed E-state index contributed by atoms with van der Waals surface area (Å²) in [7, 11) is 0. The van der Waals surface area contributed by atoms with Gasteiger partial charge in [0.05, 0.1) is 18.2 Å². The normalized spacial score (nSPS) is 12.4. The Morgan fingerprint density at radius 2 is 2.05 bits per heavy atom. The maximum absolute atomic E-state index is 11.6. The average molecular weight is 297 g/mol. The number of aliphatic hydroxyl groups excluding tert-OH is 1. The van der Waals surface area contributed by atoms with E-state index < -0.39 is 5.97 Å². The Bertz CT molecular complexity index is 553. The topological polar surface area (TPSA) is 71.2 Å². The van der Waals surface area contributed by atoms with Crippen molar-refractivity contribution in [2.45, 2.75) is 20.8 Å². The van der Waals surface area contributed by atoms with Crippen LogP contribution in [0.2, 0.25) is 0 Å². The molecule has 0 aromatic heterocycles. The molecule has 0 saturated heterocycles. The molecular weight excluding hydrogens is 280 g/mol. The molecule has 0 saturated carbocycles. The largest absolute Gasteiger partial charge is 0.508 e. The van der Waals surface area contributed by atoms with Crippen molar-refractivity contribution in [1.29, 1.82) is 0 Å². The molecule has 1 aromatic rings. The highest BCUT2D eigenvalue weighted by atomic mass is 35.5. The number of benzene rings is 1. The average Bonchev–Trinajstić information content (AvgIpc) is 2.42. The molecule has 0 atom stereocenters. The molecule has 0 aliphatic carbocycles. The van der Waals surface area contributed by atoms with Crippen LogP contribution in [0, 0.1) is 13.8 Å². The van der Waals surface area contributed by atoms with Crippen LogP contribution in [-0.2, 0) is 9.53 Å². The van der Waals surface area contributed by atoms with Gasteiger partial charge in [0, 0.05) is 0 Å². The first-order valence-corrected chi connectivity index (χ1v) is 6.67. The Hall–Kier alpha value is -1.88. The van der Waals surface area contributed by atoms with E-state index in [2.05, 4.69) is 10.2 Å². The number of ether oxygens (including phenoxy) is 1. The minimum Gasteiger partial charge on any atom is -0.508 e. The number of nitrogens with zero attached hydrogens (tertiary/aromatic N) is 2. The van der Waals surface area contributed by atoms with Gasteiger partial charge in [-0.15, -0.1) is 16.7 Å². The third-order valence-corrected chi connectivity index (χ3v) is 2.88. The monoisotopic (exact) mass is 296 g/mol. The third kappa shape index (κ3) is 4.35. The maximum Gasteiger partial charge on any atom is 0.362 e. The standard InChI is InChI=1S/C14H17ClN2O3/c1-4-20-14(19)13(12(18)8-15)17-16-11-6-5-9(2)10(3)7-11/h5-7,18H,4,8H2,1-3H3/b13-12-,17-16?. The summed E-state index contributed by atoms with van der Waals surface area (Å²) in [5.74, 6) is -1.35. The minimum absolute atomic E-state index is 0.178. The molecule has 108 valence electrons. The van der Waals surface area contributed by atoms with E-state index in [0.717, 1.165) is 11.1 Å². The third-order valence-electron chi connectivity index (χ3n) is 2.62. The van der Waals surface area contributed by atoms with Crippen LogP contribution in [0.1, 0.15) is 18.1 Å². The molecule has 6 heteroatoms. The first-order chi connectivity index (χ1) is 9.49. The lowest BCUT2D eigenvalue weighted by Crippen LogP contribution is -2.09. The van der Waals surface area contributed by atoms with Crippen molar-refractivity contribution in [3.8, 4) is 0 Å². The second kappa shape index (κ2) is 7.65. The van der Waals surface area contributed by atoms with Gasteiger partial charge in [0.2, 0.25) is 5.70 Å². The first kappa shape index (κ1) is 16.2. The van der Waals surface area contributed by atoms with Gasteiger partial charge in [0.25, 0.3) is 0 Å². The minimum atomic E-state index is -0.752. The van der Waals surface area contributed by atoms with E-state index in [9.17, 15) is 9.90 Å². The Balaban J connectivity index is 3.03. The van der Waals surface area contributed by atoms with E-state index in [0.29, 0.717) is 5.69 Å². The van der Waals surface area contributed by atoms with Gasteiger partial charge >= 0.3 is 5.97 Å². The van der Waals surface area contributed by atoms with Crippen molar-refractivity contribution in [2.24, 2.45) is 10.2 Å². The van der Waals surface area contributed by atoms with Crippen molar-refractivity contribution >= 4 is 23.3 Å². The zero-order chi connectivity index (χ0) is 15.1. The van der Waals surface area contributed by atoms with Crippen LogP contribution in [0.5, 0.6) is 0 Å². The van der Waals surface area contributed by atoms with E-state index in [1.165, 1.54) is 0 Å². The number of carbonyl (C=O) groups is 1. The van der Waals surface area contributed by atoms with E-state index >= 15 is 0 Å². The molecule has 0 unspecified atom stereocenters. The summed E-state index contributed by atoms with van der Waals surface area (Å²) in [4.78, 5) is 11.6. The fourth-order valence-electron chi connectivity index (χ4n) is 1.37. The molecule has 5 nitrogen and oxygen atoms in total. The summed E-state index contributed by atoms with van der Waals surface area (Å²) >= 11 is 5.50. The highest BCUT2D eigenvalue weighted by Crippen LogP contribution is 2.19. The summed E-state index contributed by atoms with van der Waals surface area (Å²) in [6.45, 7) is 5.77. The molecule has 0 radical (unpaired) electrons. The van der Waals surface area contributed by atoms with Crippen LogP contribution < -0.4 is 0 Å². The number of carbonyl (C=O) groups excluding carboxylic acids is 1. The molecular formula is C14H17ClN2O3. The molecule has 0 aliphatic heterocycles. The lowest BCUT2D eigenvalue weighted by Gasteiger charge is -2.03. The molecule has 0 bridgehead atoms. The molecule has 1 rings (SSSR count). The number of aryl methyl sites for hydroxylation is 2. The second-order valence-corrected chi connectivity index (χ2v) is 4.39. The number of alkyl halides is 1. The van der Waals surface area contributed by atoms with Gasteiger partial charge in [-0.2, -0.15) is 5.11 Å². The fourth-order valence-corrected chi connectivity index (χ4v) is 1.50. The highest BCUT2D eigenvalue weighted by molar-refractivity contribution is 6.19. The zero-order valence-electron chi connectivity index (χ0n) is 11.7. The summed E-state index contributed by atoms with van der Waals surface area (Å²) in [5.41, 5.74) is 2.50. The number of hydrogen-bond acceptors (Lipinski definition) is 5. The number of hydrogen-bond donors (Lipinski definition) is 1. The number of halogens is 1. The second-order valence-electron chi connectivity index (χ2n) is 4.12. The number of esters is 1. The number of rotatable bonds is 5. The highest BCUT2D eigenvalue weighted by Gasteiger charge is 2.16. The molecule has 0 fully saturated rings. The predicted octanol–water partition coefficient (Wildman–Crippen LogP) is 3.96. The lowest BCUT2D eigenvalue weighted by molar-refractivity contribution is -0.138. The van der Waals surface area contributed by atoms with Gasteiger partial charge < -0.3 is 9.84 Å². The van der Waals surface area contributed by atoms with Crippen molar-refractivity contribution in [2.75, 3.05) is 12.5 Å². The predicted molar refractivity (Wildman–Crippen MR) is 77.4 cm³/mol. The Kier molecular flexibility index (Phi) is 6.18. The number of allylic oxidation sites excluding steroid dienone is 1. The van der Waals surface area contributed by atoms with Gasteiger partial charge in [-0.05, 0) is 44.0 Å². The van der Waals surface area contributed by atoms with Gasteiger partial charge in [-0.1, -0.05) is 6.07 Å². The molecule has 0 heterocycles. The quantitative estimate of drug-likeness (QED) is 0.294. The van der Waals surface area contributed by atoms with Gasteiger partial charge in [-0.25, -0.2) is 4.79 Å². The summed E-state index contributed by atoms with van der Waals surface area (Å²) in [6, 6.07) is 5.50. The summed E-state index contributed by atoms with van der Waals surface area (Å²) < 4.78 is 4.79. The van der Waals surface area contributed by atoms with Crippen molar-refractivity contribution in [1.82, 2.24) is 0 Å². The van der Waals surface area contributed by atoms with Crippen LogP contribution in [-0.4, -0.2) is 23.6 Å². The Morgan fingerprint density at radius 3 is 2.60 bits per heavy atom. The summed E-state index contributed by atoms with van der Waals surface area (Å²) in [6.07, 6.45) is 0. The molecule has 0 aliphatic rings. The molecule has 20 heavy (non-hydrogen) atoms. The van der Waals surface area contributed by atoms with Gasteiger partial charge in [0.1, 0.15) is 5.76 Å². The van der Waals surface area contributed by atoms with Crippen LogP contribution in [0.15, 0.2) is 39.9 Å². The molecule has 1 N–H and O–H groups in total. The van der Waals surface area contributed by atoms with E-state index in [4.69, 9.17) is 16.3 Å². The van der Waals surface area contributed by atoms with Crippen LogP contribution in [0.4, 0.5) is 5.69 Å². The Morgan fingerprint density at radius 1 is 1.35 bits per heavy atom. The van der Waals surface area contributed by atoms with Gasteiger partial charge in [-0.3, -0.25) is 0 Å². The molecule has 0 amide bonds. The summed E-state index contributed by atoms with van der Waals surface area (Å²) in [5, 5.41) is 17.3. The number of aliphatic hydroxyl groups is 1. The first-order valence-electron chi connectivity index (χ1n) is 6.13. The van der Waals surface area contributed by atoms with Crippen LogP contribution in [0.3, 0.4) is 0 Å². The van der Waals surface area contributed by atoms with Crippen molar-refractivity contribution in [3.05, 3.63) is 40.8 Å². The lowest BCUT2D eigenvalue weighted by atomic mass is 10.1. The SMILES string of the molecule is CCOC(=O)/C(N=Nc1ccc(C)c(C)c1)=C(/O)CCl. The van der Waals surface area contributed by atoms with E-state index in [1.807, 2.05) is 26.0 Å². The van der Waals surface area contributed by atoms with Crippen molar-refractivity contribution < 1.29 is 14.6 Å². The smallest absolute Gasteiger partial charge is 0.362 e. The van der Waals surface area contributed by atoms with Crippen LogP contribution >= 0.6 is 11.6 Å². The van der Waals surface area contributed by atoms with Crippen molar-refractivity contribution in [3.63, 3.8) is 0 Å². The number of azo groups is 1. The molecule has 0 spiro atoms. The zero-order valence-corrected chi connectivity index (χ0v) is 12.4. The molecule has 1 aromatic carbocycles.